The Bertz CT molecular complexity index is 3670. The van der Waals surface area contributed by atoms with Crippen molar-refractivity contribution in [3.8, 4) is 78.5 Å². The van der Waals surface area contributed by atoms with Crippen LogP contribution < -0.4 is 0 Å². The van der Waals surface area contributed by atoms with Crippen LogP contribution in [0.15, 0.2) is 229 Å². The first-order valence-electron chi connectivity index (χ1n) is 21.3. The number of furan rings is 1. The van der Waals surface area contributed by atoms with Crippen LogP contribution in [-0.4, -0.2) is 15.0 Å². The molecule has 0 aliphatic heterocycles. The van der Waals surface area contributed by atoms with E-state index in [1.54, 1.807) is 0 Å². The van der Waals surface area contributed by atoms with Crippen LogP contribution in [0.4, 0.5) is 0 Å². The first-order valence-corrected chi connectivity index (χ1v) is 21.3. The average molecular weight is 804 g/mol. The fourth-order valence-corrected chi connectivity index (χ4v) is 9.08. The summed E-state index contributed by atoms with van der Waals surface area (Å²) in [6, 6.07) is 78.5. The second kappa shape index (κ2) is 15.2. The van der Waals surface area contributed by atoms with Gasteiger partial charge >= 0.3 is 0 Å². The van der Waals surface area contributed by atoms with Crippen LogP contribution in [0.1, 0.15) is 0 Å². The molecule has 294 valence electrons. The molecule has 4 heteroatoms. The topological polar surface area (TPSA) is 51.8 Å². The summed E-state index contributed by atoms with van der Waals surface area (Å²) < 4.78 is 6.68. The number of hydrogen-bond donors (Lipinski definition) is 0. The fourth-order valence-electron chi connectivity index (χ4n) is 9.08. The lowest BCUT2D eigenvalue weighted by Crippen LogP contribution is -1.96. The number of benzene rings is 9. The summed E-state index contributed by atoms with van der Waals surface area (Å²) in [6.45, 7) is 0. The molecule has 0 aliphatic carbocycles. The van der Waals surface area contributed by atoms with E-state index in [1.807, 2.05) is 24.3 Å². The summed E-state index contributed by atoms with van der Waals surface area (Å²) in [7, 11) is 0. The van der Waals surface area contributed by atoms with Crippen molar-refractivity contribution in [3.63, 3.8) is 0 Å². The van der Waals surface area contributed by atoms with Gasteiger partial charge in [-0.3, -0.25) is 0 Å². The maximum atomic E-state index is 6.68. The van der Waals surface area contributed by atoms with Gasteiger partial charge in [0.15, 0.2) is 5.82 Å². The highest BCUT2D eigenvalue weighted by molar-refractivity contribution is 6.27. The number of fused-ring (bicyclic) bond motifs is 6. The van der Waals surface area contributed by atoms with Gasteiger partial charge in [0, 0.05) is 54.7 Å². The smallest absolute Gasteiger partial charge is 0.160 e. The summed E-state index contributed by atoms with van der Waals surface area (Å²) in [5.41, 5.74) is 16.1. The Morgan fingerprint density at radius 1 is 0.286 bits per heavy atom. The van der Waals surface area contributed by atoms with Gasteiger partial charge in [-0.2, -0.15) is 0 Å². The molecular formula is C59H37N3O. The molecular weight excluding hydrogens is 767 g/mol. The number of hydrogen-bond acceptors (Lipinski definition) is 4. The monoisotopic (exact) mass is 803 g/mol. The Morgan fingerprint density at radius 2 is 0.794 bits per heavy atom. The van der Waals surface area contributed by atoms with Gasteiger partial charge < -0.3 is 4.42 Å². The lowest BCUT2D eigenvalue weighted by molar-refractivity contribution is 0.669. The van der Waals surface area contributed by atoms with Crippen molar-refractivity contribution in [2.45, 2.75) is 0 Å². The summed E-state index contributed by atoms with van der Waals surface area (Å²) in [5, 5.41) is 5.48. The van der Waals surface area contributed by atoms with Crippen molar-refractivity contribution >= 4 is 43.6 Å². The Hall–Kier alpha value is -8.47. The predicted molar refractivity (Wildman–Crippen MR) is 260 cm³/mol. The van der Waals surface area contributed by atoms with E-state index >= 15 is 0 Å². The van der Waals surface area contributed by atoms with Gasteiger partial charge in [-0.05, 0) is 70.3 Å². The highest BCUT2D eigenvalue weighted by Crippen LogP contribution is 2.47. The van der Waals surface area contributed by atoms with Gasteiger partial charge in [0.25, 0.3) is 0 Å². The molecule has 3 aromatic heterocycles. The Kier molecular flexibility index (Phi) is 8.79. The Labute approximate surface area is 364 Å². The number of aromatic nitrogens is 3. The van der Waals surface area contributed by atoms with E-state index in [4.69, 9.17) is 19.4 Å². The van der Waals surface area contributed by atoms with Gasteiger partial charge in [0.05, 0.1) is 22.6 Å². The van der Waals surface area contributed by atoms with Gasteiger partial charge in [0.2, 0.25) is 0 Å². The van der Waals surface area contributed by atoms with Crippen LogP contribution in [0.2, 0.25) is 0 Å². The van der Waals surface area contributed by atoms with Crippen molar-refractivity contribution in [2.24, 2.45) is 0 Å². The number of pyridine rings is 1. The molecule has 12 aromatic rings. The van der Waals surface area contributed by atoms with E-state index in [0.29, 0.717) is 5.82 Å². The van der Waals surface area contributed by atoms with Crippen LogP contribution in [0.5, 0.6) is 0 Å². The molecule has 0 bridgehead atoms. The lowest BCUT2D eigenvalue weighted by Gasteiger charge is -2.16. The SMILES string of the molecule is c1ccc(-c2cccc(-c3cc(-c4ccccc4)nc(-c4cccc(-c5cccc(-c6c7c(cc8c(-c9ccccc9)nc9ccccc9c68)oc6ccccc67)c5)c4)n3)c2)cc1. The standard InChI is InChI=1S/C59H37N3O/c1-4-17-38(18-5-1)41-23-14-26-44(33-41)52-37-51(39-19-6-2-7-20-39)61-59(62-52)46-28-16-25-43(35-46)42-24-15-27-45(34-42)55-56-47-29-10-12-31-50(47)60-58(40-21-8-3-9-22-40)49(56)36-54-57(55)48-30-11-13-32-53(48)63-54/h1-37H. The van der Waals surface area contributed by atoms with Crippen LogP contribution >= 0.6 is 0 Å². The van der Waals surface area contributed by atoms with E-state index in [2.05, 4.69) is 200 Å². The molecule has 0 atom stereocenters. The third-order valence-electron chi connectivity index (χ3n) is 12.0. The van der Waals surface area contributed by atoms with Gasteiger partial charge in [0.1, 0.15) is 11.2 Å². The van der Waals surface area contributed by atoms with E-state index in [9.17, 15) is 0 Å². The summed E-state index contributed by atoms with van der Waals surface area (Å²) >= 11 is 0. The zero-order chi connectivity index (χ0) is 41.7. The zero-order valence-corrected chi connectivity index (χ0v) is 34.1. The van der Waals surface area contributed by atoms with Crippen molar-refractivity contribution in [2.75, 3.05) is 0 Å². The minimum atomic E-state index is 0.669. The van der Waals surface area contributed by atoms with E-state index in [0.717, 1.165) is 111 Å². The van der Waals surface area contributed by atoms with Gasteiger partial charge in [-0.1, -0.05) is 182 Å². The highest BCUT2D eigenvalue weighted by Gasteiger charge is 2.22. The molecule has 3 heterocycles. The molecule has 9 aromatic carbocycles. The second-order valence-corrected chi connectivity index (χ2v) is 15.9. The molecule has 0 saturated heterocycles. The van der Waals surface area contributed by atoms with E-state index in [1.165, 1.54) is 5.56 Å². The second-order valence-electron chi connectivity index (χ2n) is 15.9. The first kappa shape index (κ1) is 36.4. The van der Waals surface area contributed by atoms with E-state index in [-0.39, 0.29) is 0 Å². The minimum Gasteiger partial charge on any atom is -0.456 e. The number of nitrogens with zero attached hydrogens (tertiary/aromatic N) is 3. The maximum Gasteiger partial charge on any atom is 0.160 e. The highest BCUT2D eigenvalue weighted by atomic mass is 16.3. The molecule has 0 radical (unpaired) electrons. The van der Waals surface area contributed by atoms with Crippen molar-refractivity contribution in [1.82, 2.24) is 15.0 Å². The van der Waals surface area contributed by atoms with Crippen LogP contribution in [0.25, 0.3) is 122 Å². The first-order chi connectivity index (χ1) is 31.2. The quantitative estimate of drug-likeness (QED) is 0.151. The van der Waals surface area contributed by atoms with E-state index < -0.39 is 0 Å². The normalized spacial score (nSPS) is 11.5. The molecule has 0 unspecified atom stereocenters. The minimum absolute atomic E-state index is 0.669. The Balaban J connectivity index is 1.04. The third-order valence-corrected chi connectivity index (χ3v) is 12.0. The summed E-state index contributed by atoms with van der Waals surface area (Å²) in [4.78, 5) is 15.8. The van der Waals surface area contributed by atoms with Gasteiger partial charge in [-0.15, -0.1) is 0 Å². The number of para-hydroxylation sites is 2. The molecule has 4 nitrogen and oxygen atoms in total. The van der Waals surface area contributed by atoms with Crippen molar-refractivity contribution in [1.29, 1.82) is 0 Å². The maximum absolute atomic E-state index is 6.68. The average Bonchev–Trinajstić information content (AvgIpc) is 3.74. The third kappa shape index (κ3) is 6.53. The molecule has 0 N–H and O–H groups in total. The van der Waals surface area contributed by atoms with Crippen molar-refractivity contribution in [3.05, 3.63) is 224 Å². The molecule has 12 rings (SSSR count). The molecule has 0 fully saturated rings. The molecule has 0 saturated carbocycles. The fraction of sp³-hybridized carbons (Fsp3) is 0. The van der Waals surface area contributed by atoms with Crippen LogP contribution in [0, 0.1) is 0 Å². The molecule has 0 amide bonds. The lowest BCUT2D eigenvalue weighted by atomic mass is 9.88. The van der Waals surface area contributed by atoms with Crippen LogP contribution in [-0.2, 0) is 0 Å². The molecule has 63 heavy (non-hydrogen) atoms. The Morgan fingerprint density at radius 3 is 1.52 bits per heavy atom. The van der Waals surface area contributed by atoms with Crippen molar-refractivity contribution < 1.29 is 4.42 Å². The number of rotatable bonds is 7. The predicted octanol–water partition coefficient (Wildman–Crippen LogP) is 15.7. The molecule has 0 spiro atoms. The zero-order valence-electron chi connectivity index (χ0n) is 34.1. The molecule has 0 aliphatic rings. The summed E-state index contributed by atoms with van der Waals surface area (Å²) in [5.74, 6) is 0.669. The van der Waals surface area contributed by atoms with Gasteiger partial charge in [-0.25, -0.2) is 15.0 Å². The largest absolute Gasteiger partial charge is 0.456 e. The summed E-state index contributed by atoms with van der Waals surface area (Å²) in [6.07, 6.45) is 0. The van der Waals surface area contributed by atoms with Crippen LogP contribution in [0.3, 0.4) is 0 Å².